The third-order valence-electron chi connectivity index (χ3n) is 4.17. The molecule has 0 radical (unpaired) electrons. The van der Waals surface area contributed by atoms with Gasteiger partial charge in [0.25, 0.3) is 0 Å². The minimum atomic E-state index is 0.185. The van der Waals surface area contributed by atoms with Gasteiger partial charge >= 0.3 is 0 Å². The standard InChI is InChI=1S/C13H20N4O/c1-9-5-14-12(15-9)8-17-6-10-3-4-11(7-17)16(2)13(10)18/h5,10-11H,3-4,6-8H2,1-2H3,(H,14,15)/t10-,11+/m1/s1. The Kier molecular flexibility index (Phi) is 2.86. The van der Waals surface area contributed by atoms with Crippen molar-refractivity contribution in [3.8, 4) is 0 Å². The second-order valence-electron chi connectivity index (χ2n) is 5.58. The van der Waals surface area contributed by atoms with E-state index in [0.29, 0.717) is 11.9 Å². The van der Waals surface area contributed by atoms with Crippen LogP contribution >= 0.6 is 0 Å². The van der Waals surface area contributed by atoms with Gasteiger partial charge in [-0.3, -0.25) is 9.69 Å². The second-order valence-corrected chi connectivity index (χ2v) is 5.58. The Labute approximate surface area is 107 Å². The molecule has 3 saturated heterocycles. The van der Waals surface area contributed by atoms with Crippen molar-refractivity contribution < 1.29 is 4.79 Å². The Morgan fingerprint density at radius 1 is 1.44 bits per heavy atom. The van der Waals surface area contributed by atoms with Crippen LogP contribution in [0, 0.1) is 12.8 Å². The highest BCUT2D eigenvalue weighted by atomic mass is 16.2. The molecule has 3 aliphatic heterocycles. The maximum atomic E-state index is 12.1. The van der Waals surface area contributed by atoms with Crippen LogP contribution < -0.4 is 0 Å². The molecule has 3 fully saturated rings. The number of nitrogens with one attached hydrogen (secondary N) is 1. The number of amides is 1. The lowest BCUT2D eigenvalue weighted by molar-refractivity contribution is -0.138. The molecule has 4 rings (SSSR count). The molecule has 0 unspecified atom stereocenters. The molecule has 2 atom stereocenters. The molecule has 3 aliphatic rings. The zero-order valence-corrected chi connectivity index (χ0v) is 11.0. The fourth-order valence-electron chi connectivity index (χ4n) is 3.13. The predicted octanol–water partition coefficient (Wildman–Crippen LogP) is 0.771. The van der Waals surface area contributed by atoms with Gasteiger partial charge in [-0.2, -0.15) is 0 Å². The number of hydrogen-bond acceptors (Lipinski definition) is 3. The van der Waals surface area contributed by atoms with E-state index in [-0.39, 0.29) is 5.92 Å². The van der Waals surface area contributed by atoms with Crippen LogP contribution in [0.2, 0.25) is 0 Å². The van der Waals surface area contributed by atoms with Crippen LogP contribution in [-0.2, 0) is 11.3 Å². The first kappa shape index (κ1) is 11.7. The summed E-state index contributed by atoms with van der Waals surface area (Å²) in [6, 6.07) is 0.382. The van der Waals surface area contributed by atoms with Crippen LogP contribution in [0.15, 0.2) is 6.20 Å². The van der Waals surface area contributed by atoms with Crippen LogP contribution in [0.25, 0.3) is 0 Å². The summed E-state index contributed by atoms with van der Waals surface area (Å²) in [5, 5.41) is 0. The molecule has 1 aromatic heterocycles. The van der Waals surface area contributed by atoms with Crippen LogP contribution in [0.5, 0.6) is 0 Å². The van der Waals surface area contributed by atoms with Gasteiger partial charge in [0.2, 0.25) is 5.91 Å². The minimum Gasteiger partial charge on any atom is -0.345 e. The third-order valence-corrected chi connectivity index (χ3v) is 4.17. The molecule has 98 valence electrons. The van der Waals surface area contributed by atoms with Crippen LogP contribution in [0.4, 0.5) is 0 Å². The molecule has 0 spiro atoms. The lowest BCUT2D eigenvalue weighted by Gasteiger charge is -2.32. The van der Waals surface area contributed by atoms with E-state index in [1.165, 1.54) is 0 Å². The highest BCUT2D eigenvalue weighted by Gasteiger charge is 2.38. The average molecular weight is 248 g/mol. The SMILES string of the molecule is Cc1cnc(CN2C[C@H]3CC[C@@H](C2)N(C)C3=O)[nH]1. The minimum absolute atomic E-state index is 0.185. The Bertz CT molecular complexity index is 456. The molecule has 18 heavy (non-hydrogen) atoms. The number of H-pyrrole nitrogens is 1. The van der Waals surface area contributed by atoms with Crippen LogP contribution in [-0.4, -0.2) is 51.9 Å². The normalized spacial score (nSPS) is 28.8. The summed E-state index contributed by atoms with van der Waals surface area (Å²) in [5.41, 5.74) is 1.09. The Hall–Kier alpha value is -1.36. The van der Waals surface area contributed by atoms with Gasteiger partial charge in [0.1, 0.15) is 5.82 Å². The van der Waals surface area contributed by atoms with Gasteiger partial charge in [-0.1, -0.05) is 0 Å². The van der Waals surface area contributed by atoms with Crippen molar-refractivity contribution in [1.29, 1.82) is 0 Å². The zero-order chi connectivity index (χ0) is 12.7. The fraction of sp³-hybridized carbons (Fsp3) is 0.692. The zero-order valence-electron chi connectivity index (χ0n) is 11.0. The summed E-state index contributed by atoms with van der Waals surface area (Å²) >= 11 is 0. The molecule has 1 amide bonds. The summed E-state index contributed by atoms with van der Waals surface area (Å²) in [6.07, 6.45) is 4.04. The summed E-state index contributed by atoms with van der Waals surface area (Å²) in [4.78, 5) is 24.0. The maximum Gasteiger partial charge on any atom is 0.227 e. The van der Waals surface area contributed by atoms with E-state index < -0.39 is 0 Å². The predicted molar refractivity (Wildman–Crippen MR) is 67.9 cm³/mol. The van der Waals surface area contributed by atoms with E-state index >= 15 is 0 Å². The van der Waals surface area contributed by atoms with Crippen molar-refractivity contribution >= 4 is 5.91 Å². The number of fused-ring (bicyclic) bond motifs is 4. The molecule has 5 heteroatoms. The number of aryl methyl sites for hydroxylation is 1. The van der Waals surface area contributed by atoms with Crippen molar-refractivity contribution in [2.45, 2.75) is 32.4 Å². The monoisotopic (exact) mass is 248 g/mol. The van der Waals surface area contributed by atoms with E-state index in [0.717, 1.165) is 44.0 Å². The van der Waals surface area contributed by atoms with E-state index in [2.05, 4.69) is 14.9 Å². The van der Waals surface area contributed by atoms with Gasteiger partial charge in [0.05, 0.1) is 12.5 Å². The lowest BCUT2D eigenvalue weighted by Crippen LogP contribution is -2.45. The maximum absolute atomic E-state index is 12.1. The first-order valence-electron chi connectivity index (χ1n) is 6.63. The summed E-state index contributed by atoms with van der Waals surface area (Å²) in [6.45, 7) is 4.68. The third kappa shape index (κ3) is 2.03. The summed E-state index contributed by atoms with van der Waals surface area (Å²) in [7, 11) is 1.94. The number of imidazole rings is 1. The highest BCUT2D eigenvalue weighted by Crippen LogP contribution is 2.28. The number of aromatic amines is 1. The quantitative estimate of drug-likeness (QED) is 0.841. The molecular formula is C13H20N4O. The van der Waals surface area contributed by atoms with E-state index in [4.69, 9.17) is 0 Å². The Morgan fingerprint density at radius 3 is 3.00 bits per heavy atom. The molecule has 2 bridgehead atoms. The van der Waals surface area contributed by atoms with Crippen molar-refractivity contribution in [2.24, 2.45) is 5.92 Å². The van der Waals surface area contributed by atoms with Crippen molar-refractivity contribution in [3.05, 3.63) is 17.7 Å². The molecule has 0 aliphatic carbocycles. The number of carbonyl (C=O) groups is 1. The van der Waals surface area contributed by atoms with Gasteiger partial charge in [-0.05, 0) is 19.8 Å². The number of piperidine rings is 1. The molecule has 5 nitrogen and oxygen atoms in total. The lowest BCUT2D eigenvalue weighted by atomic mass is 9.95. The number of likely N-dealkylation sites (N-methyl/N-ethyl adjacent to an activating group) is 1. The van der Waals surface area contributed by atoms with Crippen LogP contribution in [0.3, 0.4) is 0 Å². The van der Waals surface area contributed by atoms with E-state index in [9.17, 15) is 4.79 Å². The number of hydrogen-bond donors (Lipinski definition) is 1. The van der Waals surface area contributed by atoms with Gasteiger partial charge in [0.15, 0.2) is 0 Å². The summed E-state index contributed by atoms with van der Waals surface area (Å²) in [5.74, 6) is 1.51. The smallest absolute Gasteiger partial charge is 0.227 e. The van der Waals surface area contributed by atoms with Crippen LogP contribution in [0.1, 0.15) is 24.4 Å². The fourth-order valence-corrected chi connectivity index (χ4v) is 3.13. The number of rotatable bonds is 2. The highest BCUT2D eigenvalue weighted by molar-refractivity contribution is 5.80. The molecule has 4 heterocycles. The molecule has 0 saturated carbocycles. The second kappa shape index (κ2) is 4.39. The largest absolute Gasteiger partial charge is 0.345 e. The summed E-state index contributed by atoms with van der Waals surface area (Å²) < 4.78 is 0. The number of nitrogens with zero attached hydrogens (tertiary/aromatic N) is 3. The van der Waals surface area contributed by atoms with E-state index in [1.807, 2.05) is 25.1 Å². The first-order valence-corrected chi connectivity index (χ1v) is 6.63. The average Bonchev–Trinajstić information content (AvgIpc) is 2.59. The van der Waals surface area contributed by atoms with Gasteiger partial charge in [-0.25, -0.2) is 4.98 Å². The van der Waals surface area contributed by atoms with Gasteiger partial charge in [0, 0.05) is 38.1 Å². The van der Waals surface area contributed by atoms with Gasteiger partial charge < -0.3 is 9.88 Å². The Balaban J connectivity index is 1.73. The molecule has 0 aromatic carbocycles. The molecule has 1 N–H and O–H groups in total. The topological polar surface area (TPSA) is 52.2 Å². The molecule has 1 aromatic rings. The van der Waals surface area contributed by atoms with Crippen molar-refractivity contribution in [3.63, 3.8) is 0 Å². The van der Waals surface area contributed by atoms with Crippen molar-refractivity contribution in [2.75, 3.05) is 20.1 Å². The number of aromatic nitrogens is 2. The number of carbonyl (C=O) groups excluding carboxylic acids is 1. The van der Waals surface area contributed by atoms with Gasteiger partial charge in [-0.15, -0.1) is 0 Å². The van der Waals surface area contributed by atoms with Crippen molar-refractivity contribution in [1.82, 2.24) is 19.8 Å². The van der Waals surface area contributed by atoms with E-state index in [1.54, 1.807) is 0 Å². The molecular weight excluding hydrogens is 228 g/mol. The first-order chi connectivity index (χ1) is 8.63. The Morgan fingerprint density at radius 2 is 2.28 bits per heavy atom.